The Labute approximate surface area is 373 Å². The van der Waals surface area contributed by atoms with Gasteiger partial charge >= 0.3 is 5.69 Å². The van der Waals surface area contributed by atoms with Gasteiger partial charge in [-0.05, 0) is 100 Å². The largest absolute Gasteiger partial charge is 0.444 e. The van der Waals surface area contributed by atoms with Crippen molar-refractivity contribution in [1.82, 2.24) is 39.1 Å². The second-order valence-electron chi connectivity index (χ2n) is 18.0. The fourth-order valence-electron chi connectivity index (χ4n) is 9.19. The average Bonchev–Trinajstić information content (AvgIpc) is 3.75. The van der Waals surface area contributed by atoms with E-state index in [2.05, 4.69) is 56.0 Å². The average molecular weight is 879 g/mol. The third-order valence-corrected chi connectivity index (χ3v) is 12.9. The Balaban J connectivity index is 0.725. The van der Waals surface area contributed by atoms with E-state index in [1.165, 1.54) is 23.7 Å². The van der Waals surface area contributed by atoms with E-state index < -0.39 is 11.9 Å². The molecule has 5 heterocycles. The van der Waals surface area contributed by atoms with Crippen LogP contribution >= 0.6 is 0 Å². The van der Waals surface area contributed by atoms with Crippen molar-refractivity contribution < 1.29 is 28.3 Å². The molecule has 4 aromatic heterocycles. The van der Waals surface area contributed by atoms with E-state index in [9.17, 15) is 19.2 Å². The number of oxazole rings is 1. The molecule has 3 aliphatic rings. The molecule has 2 aliphatic carbocycles. The number of amides is 3. The summed E-state index contributed by atoms with van der Waals surface area (Å²) in [4.78, 5) is 64.4. The molecule has 64 heavy (non-hydrogen) atoms. The number of carbonyl (C=O) groups is 3. The maximum Gasteiger partial charge on any atom is 0.329 e. The topological polar surface area (TPSA) is 184 Å². The van der Waals surface area contributed by atoms with Crippen molar-refractivity contribution in [2.24, 2.45) is 13.0 Å². The van der Waals surface area contributed by atoms with Gasteiger partial charge < -0.3 is 29.0 Å². The number of carbonyl (C=O) groups excluding carboxylic acids is 3. The number of fused-ring (bicyclic) bond motifs is 1. The number of ether oxygens (including phenoxy) is 2. The van der Waals surface area contributed by atoms with E-state index >= 15 is 0 Å². The smallest absolute Gasteiger partial charge is 0.329 e. The minimum atomic E-state index is -0.700. The number of aromatic nitrogens is 6. The zero-order chi connectivity index (χ0) is 44.9. The van der Waals surface area contributed by atoms with Crippen molar-refractivity contribution in [3.05, 3.63) is 76.4 Å². The molecule has 17 heteroatoms. The number of hydrogen-bond donors (Lipinski definition) is 2. The molecular weight excluding hydrogens is 817 g/mol. The number of piperidine rings is 1. The van der Waals surface area contributed by atoms with Gasteiger partial charge in [-0.2, -0.15) is 5.10 Å². The molecule has 0 bridgehead atoms. The number of benzene rings is 1. The van der Waals surface area contributed by atoms with Gasteiger partial charge in [-0.3, -0.25) is 33.5 Å². The molecule has 0 spiro atoms. The summed E-state index contributed by atoms with van der Waals surface area (Å²) in [6, 6.07) is 9.66. The second-order valence-corrected chi connectivity index (χ2v) is 18.0. The van der Waals surface area contributed by atoms with Gasteiger partial charge in [-0.25, -0.2) is 14.8 Å². The highest BCUT2D eigenvalue weighted by Gasteiger charge is 2.32. The molecule has 2 N–H and O–H groups in total. The molecule has 1 unspecified atom stereocenters. The number of likely N-dealkylation sites (N-methyl/N-ethyl adjacent to an activating group) is 1. The minimum Gasteiger partial charge on any atom is -0.444 e. The molecule has 5 aromatic rings. The molecule has 0 radical (unpaired) electrons. The monoisotopic (exact) mass is 878 g/mol. The minimum absolute atomic E-state index is 0.127. The van der Waals surface area contributed by atoms with Gasteiger partial charge in [0.15, 0.2) is 5.69 Å². The number of para-hydroxylation sites is 1. The van der Waals surface area contributed by atoms with Crippen LogP contribution in [0.5, 0.6) is 0 Å². The number of nitrogens with one attached hydrogen (secondary N) is 2. The first kappa shape index (κ1) is 44.9. The van der Waals surface area contributed by atoms with Crippen LogP contribution in [0.25, 0.3) is 22.5 Å². The molecule has 1 aromatic carbocycles. The lowest BCUT2D eigenvalue weighted by Gasteiger charge is -2.31. The summed E-state index contributed by atoms with van der Waals surface area (Å²) < 4.78 is 22.7. The quantitative estimate of drug-likeness (QED) is 0.0702. The van der Waals surface area contributed by atoms with E-state index in [-0.39, 0.29) is 41.6 Å². The van der Waals surface area contributed by atoms with E-state index in [0.29, 0.717) is 61.9 Å². The molecule has 1 aliphatic heterocycles. The summed E-state index contributed by atoms with van der Waals surface area (Å²) in [5, 5.41) is 10.4. The van der Waals surface area contributed by atoms with Gasteiger partial charge in [0.2, 0.25) is 17.7 Å². The van der Waals surface area contributed by atoms with Crippen LogP contribution in [0.2, 0.25) is 0 Å². The SMILES string of the molecule is CC(C)c1nn(C2CCC(CN(C)CCOCCOCCCc3cccc4c3n(C)c(=O)n4C3CCC(=O)NC3=O)CC2)cc1NC(=O)c1coc(-c2ccnc(N(C)C3CC3)c2)n1. The number of nitrogens with zero attached hydrogens (tertiary/aromatic N) is 8. The van der Waals surface area contributed by atoms with E-state index in [0.717, 1.165) is 79.8 Å². The van der Waals surface area contributed by atoms with Gasteiger partial charge in [0, 0.05) is 64.2 Å². The van der Waals surface area contributed by atoms with Gasteiger partial charge in [0.1, 0.15) is 18.1 Å². The van der Waals surface area contributed by atoms with Crippen LogP contribution in [0.4, 0.5) is 11.5 Å². The fourth-order valence-corrected chi connectivity index (χ4v) is 9.19. The molecule has 2 saturated carbocycles. The van der Waals surface area contributed by atoms with Crippen LogP contribution in [-0.4, -0.2) is 111 Å². The second kappa shape index (κ2) is 20.0. The Bertz CT molecular complexity index is 2490. The summed E-state index contributed by atoms with van der Waals surface area (Å²) in [7, 11) is 5.92. The number of imide groups is 1. The summed E-state index contributed by atoms with van der Waals surface area (Å²) >= 11 is 0. The zero-order valence-corrected chi connectivity index (χ0v) is 37.8. The molecular formula is C47H62N10O7. The van der Waals surface area contributed by atoms with E-state index in [1.54, 1.807) is 17.8 Å². The lowest BCUT2D eigenvalue weighted by molar-refractivity contribution is -0.135. The highest BCUT2D eigenvalue weighted by molar-refractivity contribution is 6.03. The van der Waals surface area contributed by atoms with Gasteiger partial charge in [-0.15, -0.1) is 0 Å². The molecule has 342 valence electrons. The van der Waals surface area contributed by atoms with Crippen molar-refractivity contribution in [3.63, 3.8) is 0 Å². The lowest BCUT2D eigenvalue weighted by atomic mass is 9.86. The van der Waals surface area contributed by atoms with Crippen LogP contribution in [0.15, 0.2) is 58.2 Å². The Kier molecular flexibility index (Phi) is 14.1. The highest BCUT2D eigenvalue weighted by Crippen LogP contribution is 2.35. The van der Waals surface area contributed by atoms with Crippen LogP contribution in [-0.2, 0) is 32.5 Å². The van der Waals surface area contributed by atoms with Crippen LogP contribution in [0.3, 0.4) is 0 Å². The Morgan fingerprint density at radius 2 is 1.78 bits per heavy atom. The third-order valence-electron chi connectivity index (χ3n) is 12.9. The Hall–Kier alpha value is -5.65. The molecule has 3 fully saturated rings. The molecule has 1 saturated heterocycles. The van der Waals surface area contributed by atoms with Crippen LogP contribution in [0, 0.1) is 5.92 Å². The fraction of sp³-hybridized carbons (Fsp3) is 0.553. The number of aryl methyl sites for hydroxylation is 2. The standard InChI is InChI=1S/C47H62N10O7/c1-30(2)42-36(49-44(59)37-29-64-46(50-37)33-19-20-48-40(26-33)54(4)34-15-16-34)28-56(52-42)35-13-11-31(12-14-35)27-53(3)21-23-63-25-24-62-22-7-9-32-8-6-10-38-43(32)55(5)47(61)57(38)39-17-18-41(58)51-45(39)60/h6,8,10,19-20,26,28-31,34-35,39H,7,9,11-18,21-25,27H2,1-5H3,(H,49,59)(H,51,58,60). The van der Waals surface area contributed by atoms with Gasteiger partial charge in [0.25, 0.3) is 5.91 Å². The zero-order valence-electron chi connectivity index (χ0n) is 37.8. The lowest BCUT2D eigenvalue weighted by Crippen LogP contribution is -2.44. The van der Waals surface area contributed by atoms with Crippen molar-refractivity contribution in [2.45, 2.75) is 102 Å². The van der Waals surface area contributed by atoms with Crippen LogP contribution < -0.4 is 21.2 Å². The maximum absolute atomic E-state index is 13.4. The molecule has 1 atom stereocenters. The maximum atomic E-state index is 13.4. The third kappa shape index (κ3) is 10.3. The Morgan fingerprint density at radius 3 is 2.53 bits per heavy atom. The molecule has 3 amide bonds. The van der Waals surface area contributed by atoms with E-state index in [4.69, 9.17) is 19.0 Å². The van der Waals surface area contributed by atoms with Crippen LogP contribution in [0.1, 0.15) is 111 Å². The van der Waals surface area contributed by atoms with Gasteiger partial charge in [0.05, 0.1) is 48.3 Å². The van der Waals surface area contributed by atoms with Crippen molar-refractivity contribution in [1.29, 1.82) is 0 Å². The molecule has 8 rings (SSSR count). The summed E-state index contributed by atoms with van der Waals surface area (Å²) in [6.45, 7) is 8.25. The van der Waals surface area contributed by atoms with Crippen molar-refractivity contribution in [3.8, 4) is 11.5 Å². The number of rotatable bonds is 20. The Morgan fingerprint density at radius 1 is 1.00 bits per heavy atom. The first-order valence-corrected chi connectivity index (χ1v) is 22.9. The molecule has 17 nitrogen and oxygen atoms in total. The van der Waals surface area contributed by atoms with Crippen molar-refractivity contribution in [2.75, 3.05) is 63.8 Å². The summed E-state index contributed by atoms with van der Waals surface area (Å²) in [5.41, 5.74) is 4.81. The number of pyridine rings is 1. The number of imidazole rings is 1. The summed E-state index contributed by atoms with van der Waals surface area (Å²) in [5.74, 6) is 0.899. The van der Waals surface area contributed by atoms with Gasteiger partial charge in [-0.1, -0.05) is 26.0 Å². The first-order chi connectivity index (χ1) is 30.9. The van der Waals surface area contributed by atoms with Crippen molar-refractivity contribution >= 4 is 40.3 Å². The normalized spacial score (nSPS) is 19.2. The number of hydrogen-bond acceptors (Lipinski definition) is 12. The predicted molar refractivity (Wildman–Crippen MR) is 242 cm³/mol. The highest BCUT2D eigenvalue weighted by atomic mass is 16.5. The first-order valence-electron chi connectivity index (χ1n) is 22.9. The predicted octanol–water partition coefficient (Wildman–Crippen LogP) is 5.87. The summed E-state index contributed by atoms with van der Waals surface area (Å²) in [6.07, 6.45) is 13.7. The number of anilines is 2. The van der Waals surface area contributed by atoms with E-state index in [1.807, 2.05) is 43.6 Å².